The number of aromatic nitrogens is 4. The summed E-state index contributed by atoms with van der Waals surface area (Å²) in [4.78, 5) is 30.8. The largest absolute Gasteiger partial charge is 0.462 e. The van der Waals surface area contributed by atoms with Crippen LogP contribution in [0.2, 0.25) is 0 Å². The predicted molar refractivity (Wildman–Crippen MR) is 161 cm³/mol. The lowest BCUT2D eigenvalue weighted by Gasteiger charge is -2.47. The Morgan fingerprint density at radius 3 is 2.83 bits per heavy atom. The number of benzene rings is 1. The van der Waals surface area contributed by atoms with Gasteiger partial charge in [-0.2, -0.15) is 20.3 Å². The van der Waals surface area contributed by atoms with E-state index in [0.29, 0.717) is 42.8 Å². The minimum Gasteiger partial charge on any atom is -0.462 e. The van der Waals surface area contributed by atoms with E-state index in [4.69, 9.17) is 14.7 Å². The van der Waals surface area contributed by atoms with Crippen molar-refractivity contribution in [1.82, 2.24) is 34.9 Å². The third kappa shape index (κ3) is 5.32. The molecule has 42 heavy (non-hydrogen) atoms. The SMILES string of the molecule is Cc1ccc2[nH]ncc2c1-c1nc(OC[C@@H]2CCCN2C)nc(N2CCC3(CN(C(=O)/C=C/CN(C)C)C3)C2)c1C#N. The molecule has 0 radical (unpaired) electrons. The van der Waals surface area contributed by atoms with Gasteiger partial charge < -0.3 is 24.3 Å². The molecule has 0 bridgehead atoms. The normalized spacial score (nSPS) is 20.2. The molecular formula is C31H39N9O2. The Morgan fingerprint density at radius 2 is 2.10 bits per heavy atom. The van der Waals surface area contributed by atoms with Gasteiger partial charge in [-0.1, -0.05) is 12.1 Å². The molecule has 3 aliphatic rings. The molecule has 3 aliphatic heterocycles. The second kappa shape index (κ2) is 11.3. The van der Waals surface area contributed by atoms with E-state index in [1.54, 1.807) is 12.3 Å². The molecule has 220 valence electrons. The van der Waals surface area contributed by atoms with Gasteiger partial charge in [0, 0.05) is 61.2 Å². The lowest BCUT2D eigenvalue weighted by molar-refractivity contribution is -0.136. The van der Waals surface area contributed by atoms with E-state index in [-0.39, 0.29) is 17.3 Å². The highest BCUT2D eigenvalue weighted by atomic mass is 16.5. The lowest BCUT2D eigenvalue weighted by atomic mass is 9.79. The van der Waals surface area contributed by atoms with Crippen molar-refractivity contribution >= 4 is 22.6 Å². The molecule has 11 nitrogen and oxygen atoms in total. The first-order valence-corrected chi connectivity index (χ1v) is 14.7. The Bertz CT molecular complexity index is 1550. The topological polar surface area (TPSA) is 118 Å². The average molecular weight is 570 g/mol. The number of anilines is 1. The third-order valence-electron chi connectivity index (χ3n) is 8.96. The van der Waals surface area contributed by atoms with Gasteiger partial charge in [-0.25, -0.2) is 0 Å². The van der Waals surface area contributed by atoms with Crippen LogP contribution in [0.15, 0.2) is 30.5 Å². The summed E-state index contributed by atoms with van der Waals surface area (Å²) in [5.74, 6) is 0.656. The maximum Gasteiger partial charge on any atom is 0.319 e. The maximum absolute atomic E-state index is 12.7. The zero-order chi connectivity index (χ0) is 29.4. The Hall–Kier alpha value is -4.01. The molecule has 1 spiro atoms. The summed E-state index contributed by atoms with van der Waals surface area (Å²) in [5.41, 5.74) is 3.75. The van der Waals surface area contributed by atoms with Crippen LogP contribution in [-0.4, -0.2) is 114 Å². The maximum atomic E-state index is 12.7. The molecule has 1 aromatic carbocycles. The van der Waals surface area contributed by atoms with Crippen molar-refractivity contribution < 1.29 is 9.53 Å². The summed E-state index contributed by atoms with van der Waals surface area (Å²) < 4.78 is 6.26. The fourth-order valence-corrected chi connectivity index (χ4v) is 6.57. The van der Waals surface area contributed by atoms with E-state index < -0.39 is 0 Å². The molecule has 0 aliphatic carbocycles. The van der Waals surface area contributed by atoms with Crippen LogP contribution in [0.5, 0.6) is 6.01 Å². The minimum atomic E-state index is -0.00302. The number of amides is 1. The third-order valence-corrected chi connectivity index (χ3v) is 8.96. The van der Waals surface area contributed by atoms with Crippen LogP contribution < -0.4 is 9.64 Å². The van der Waals surface area contributed by atoms with Crippen LogP contribution in [-0.2, 0) is 4.79 Å². The number of aryl methyl sites for hydroxylation is 1. The van der Waals surface area contributed by atoms with Gasteiger partial charge in [-0.15, -0.1) is 0 Å². The standard InChI is InChI=1S/C31H39N9O2/c1-21-9-10-25-24(16-33-36-25)27(21)28-23(15-32)29(35-30(34-28)42-17-22-7-5-13-38(22)4)39-14-11-31(18-39)19-40(20-31)26(41)8-6-12-37(2)3/h6,8-10,16,22H,5,7,11-14,17-20H2,1-4H3,(H,33,36)/b8-6+/t22-/m0/s1. The number of likely N-dealkylation sites (tertiary alicyclic amines) is 2. The van der Waals surface area contributed by atoms with E-state index in [1.807, 2.05) is 49.0 Å². The quantitative estimate of drug-likeness (QED) is 0.409. The van der Waals surface area contributed by atoms with E-state index in [9.17, 15) is 10.1 Å². The zero-order valence-electron chi connectivity index (χ0n) is 24.9. The number of nitrogens with zero attached hydrogens (tertiary/aromatic N) is 8. The Labute approximate surface area is 246 Å². The fraction of sp³-hybridized carbons (Fsp3) is 0.516. The summed E-state index contributed by atoms with van der Waals surface area (Å²) >= 11 is 0. The van der Waals surface area contributed by atoms with Gasteiger partial charge in [0.1, 0.15) is 18.2 Å². The van der Waals surface area contributed by atoms with Gasteiger partial charge in [-0.3, -0.25) is 9.89 Å². The van der Waals surface area contributed by atoms with Gasteiger partial charge in [0.05, 0.1) is 17.4 Å². The number of carbonyl (C=O) groups excluding carboxylic acids is 1. The second-order valence-electron chi connectivity index (χ2n) is 12.4. The molecule has 5 heterocycles. The van der Waals surface area contributed by atoms with Crippen LogP contribution in [0.4, 0.5) is 5.82 Å². The molecule has 6 rings (SSSR count). The van der Waals surface area contributed by atoms with E-state index in [2.05, 4.69) is 33.1 Å². The van der Waals surface area contributed by atoms with E-state index in [1.165, 1.54) is 0 Å². The Balaban J connectivity index is 1.30. The van der Waals surface area contributed by atoms with E-state index >= 15 is 0 Å². The van der Waals surface area contributed by atoms with Gasteiger partial charge in [0.25, 0.3) is 0 Å². The number of nitrogens with one attached hydrogen (secondary N) is 1. The van der Waals surface area contributed by atoms with Crippen LogP contribution in [0, 0.1) is 23.7 Å². The number of H-pyrrole nitrogens is 1. The minimum absolute atomic E-state index is 0.00302. The lowest BCUT2D eigenvalue weighted by Crippen LogP contribution is -2.59. The van der Waals surface area contributed by atoms with Crippen molar-refractivity contribution in [3.63, 3.8) is 0 Å². The fourth-order valence-electron chi connectivity index (χ4n) is 6.57. The monoisotopic (exact) mass is 569 g/mol. The molecule has 3 aromatic rings. The Kier molecular flexibility index (Phi) is 7.60. The van der Waals surface area contributed by atoms with Crippen LogP contribution >= 0.6 is 0 Å². The first-order valence-electron chi connectivity index (χ1n) is 14.7. The molecule has 3 fully saturated rings. The number of fused-ring (bicyclic) bond motifs is 1. The molecule has 1 amide bonds. The van der Waals surface area contributed by atoms with Gasteiger partial charge in [-0.05, 0) is 65.5 Å². The summed E-state index contributed by atoms with van der Waals surface area (Å²) in [6.07, 6.45) is 8.53. The summed E-state index contributed by atoms with van der Waals surface area (Å²) in [7, 11) is 6.08. The number of rotatable bonds is 8. The van der Waals surface area contributed by atoms with Crippen molar-refractivity contribution in [2.45, 2.75) is 32.2 Å². The molecule has 3 saturated heterocycles. The number of nitriles is 1. The average Bonchev–Trinajstić information content (AvgIpc) is 3.70. The number of ether oxygens (including phenoxy) is 1. The summed E-state index contributed by atoms with van der Waals surface area (Å²) in [6, 6.07) is 7.05. The zero-order valence-corrected chi connectivity index (χ0v) is 24.9. The predicted octanol–water partition coefficient (Wildman–Crippen LogP) is 2.83. The highest BCUT2D eigenvalue weighted by Crippen LogP contribution is 2.43. The van der Waals surface area contributed by atoms with Crippen molar-refractivity contribution in [2.24, 2.45) is 5.41 Å². The van der Waals surface area contributed by atoms with Crippen LogP contribution in [0.25, 0.3) is 22.2 Å². The van der Waals surface area contributed by atoms with Crippen molar-refractivity contribution in [3.05, 3.63) is 41.6 Å². The molecule has 0 unspecified atom stereocenters. The summed E-state index contributed by atoms with van der Waals surface area (Å²) in [5, 5.41) is 18.7. The van der Waals surface area contributed by atoms with Crippen molar-refractivity contribution in [1.29, 1.82) is 5.26 Å². The first-order chi connectivity index (χ1) is 20.3. The molecule has 1 atom stereocenters. The molecule has 2 aromatic heterocycles. The molecular weight excluding hydrogens is 530 g/mol. The highest BCUT2D eigenvalue weighted by molar-refractivity contribution is 5.97. The Morgan fingerprint density at radius 1 is 1.26 bits per heavy atom. The number of carbonyl (C=O) groups is 1. The first kappa shape index (κ1) is 28.1. The number of hydrogen-bond donors (Lipinski definition) is 1. The molecule has 11 heteroatoms. The van der Waals surface area contributed by atoms with Crippen molar-refractivity contribution in [3.8, 4) is 23.3 Å². The number of likely N-dealkylation sites (N-methyl/N-ethyl adjacent to an activating group) is 2. The van der Waals surface area contributed by atoms with Crippen molar-refractivity contribution in [2.75, 3.05) is 71.9 Å². The highest BCUT2D eigenvalue weighted by Gasteiger charge is 2.49. The van der Waals surface area contributed by atoms with Crippen LogP contribution in [0.1, 0.15) is 30.4 Å². The van der Waals surface area contributed by atoms with Gasteiger partial charge >= 0.3 is 6.01 Å². The van der Waals surface area contributed by atoms with E-state index in [0.717, 1.165) is 67.5 Å². The van der Waals surface area contributed by atoms with Gasteiger partial charge in [0.15, 0.2) is 5.82 Å². The molecule has 0 saturated carbocycles. The van der Waals surface area contributed by atoms with Crippen LogP contribution in [0.3, 0.4) is 0 Å². The number of hydrogen-bond acceptors (Lipinski definition) is 9. The molecule has 1 N–H and O–H groups in total. The number of aromatic amines is 1. The summed E-state index contributed by atoms with van der Waals surface area (Å²) in [6.45, 7) is 7.21. The second-order valence-corrected chi connectivity index (χ2v) is 12.4. The van der Waals surface area contributed by atoms with Gasteiger partial charge in [0.2, 0.25) is 5.91 Å². The smallest absolute Gasteiger partial charge is 0.319 e.